The minimum atomic E-state index is -4.39. The lowest BCUT2D eigenvalue weighted by molar-refractivity contribution is -0.141. The molecule has 0 N–H and O–H groups in total. The number of nitrogens with zero attached hydrogens (tertiary/aromatic N) is 4. The predicted molar refractivity (Wildman–Crippen MR) is 79.7 cm³/mol. The van der Waals surface area contributed by atoms with Gasteiger partial charge in [0.2, 0.25) is 0 Å². The first-order chi connectivity index (χ1) is 10.9. The largest absolute Gasteiger partial charge is 0.435 e. The van der Waals surface area contributed by atoms with Gasteiger partial charge in [-0.25, -0.2) is 0 Å². The lowest BCUT2D eigenvalue weighted by Crippen LogP contribution is -2.38. The van der Waals surface area contributed by atoms with Crippen molar-refractivity contribution in [2.75, 3.05) is 13.1 Å². The Morgan fingerprint density at radius 2 is 2.09 bits per heavy atom. The number of alkyl halides is 3. The quantitative estimate of drug-likeness (QED) is 0.863. The van der Waals surface area contributed by atoms with Crippen molar-refractivity contribution in [1.29, 1.82) is 0 Å². The third kappa shape index (κ3) is 3.55. The Morgan fingerprint density at radius 1 is 1.26 bits per heavy atom. The maximum Gasteiger partial charge on any atom is 0.435 e. The fourth-order valence-corrected chi connectivity index (χ4v) is 3.05. The van der Waals surface area contributed by atoms with E-state index >= 15 is 0 Å². The number of aromatic nitrogens is 3. The number of hydrogen-bond donors (Lipinski definition) is 0. The fourth-order valence-electron chi connectivity index (χ4n) is 3.05. The lowest BCUT2D eigenvalue weighted by atomic mass is 10.0. The van der Waals surface area contributed by atoms with Gasteiger partial charge in [0.1, 0.15) is 0 Å². The molecule has 0 saturated carbocycles. The molecule has 3 rings (SSSR count). The van der Waals surface area contributed by atoms with Crippen molar-refractivity contribution < 1.29 is 13.2 Å². The molecule has 2 aromatic heterocycles. The van der Waals surface area contributed by atoms with Crippen molar-refractivity contribution in [3.8, 4) is 0 Å². The summed E-state index contributed by atoms with van der Waals surface area (Å²) in [7, 11) is 0. The van der Waals surface area contributed by atoms with E-state index in [0.717, 1.165) is 31.1 Å². The Balaban J connectivity index is 1.72. The van der Waals surface area contributed by atoms with Gasteiger partial charge in [0, 0.05) is 25.0 Å². The van der Waals surface area contributed by atoms with Gasteiger partial charge in [0.15, 0.2) is 5.69 Å². The van der Waals surface area contributed by atoms with Gasteiger partial charge in [-0.15, -0.1) is 0 Å². The normalized spacial score (nSPS) is 21.3. The van der Waals surface area contributed by atoms with Gasteiger partial charge in [0.05, 0.1) is 11.7 Å². The molecule has 1 fully saturated rings. The second kappa shape index (κ2) is 6.31. The van der Waals surface area contributed by atoms with Gasteiger partial charge in [-0.1, -0.05) is 6.07 Å². The van der Waals surface area contributed by atoms with Crippen LogP contribution in [0.1, 0.15) is 43.2 Å². The van der Waals surface area contributed by atoms with Crippen LogP contribution in [0.5, 0.6) is 0 Å². The van der Waals surface area contributed by atoms with E-state index in [2.05, 4.69) is 21.9 Å². The molecule has 0 radical (unpaired) electrons. The number of halogens is 3. The van der Waals surface area contributed by atoms with E-state index in [0.29, 0.717) is 6.54 Å². The van der Waals surface area contributed by atoms with Crippen LogP contribution in [0.15, 0.2) is 36.7 Å². The highest BCUT2D eigenvalue weighted by Gasteiger charge is 2.35. The number of piperidine rings is 1. The van der Waals surface area contributed by atoms with E-state index in [4.69, 9.17) is 0 Å². The summed E-state index contributed by atoms with van der Waals surface area (Å²) in [5.74, 6) is 0. The predicted octanol–water partition coefficient (Wildman–Crippen LogP) is 3.70. The molecule has 0 amide bonds. The molecule has 0 spiro atoms. The average molecular weight is 324 g/mol. The molecule has 4 nitrogen and oxygen atoms in total. The number of hydrogen-bond acceptors (Lipinski definition) is 3. The third-order valence-electron chi connectivity index (χ3n) is 4.36. The summed E-state index contributed by atoms with van der Waals surface area (Å²) >= 11 is 0. The zero-order valence-corrected chi connectivity index (χ0v) is 12.9. The van der Waals surface area contributed by atoms with Crippen molar-refractivity contribution in [3.05, 3.63) is 48.0 Å². The minimum absolute atomic E-state index is 0.0361. The standard InChI is InChI=1S/C16H19F3N4/c1-12(14-6-2-3-8-20-14)22-9-4-5-13(11-22)23-10-7-15(21-23)16(17,18)19/h2-3,6-8,10,12-13H,4-5,9,11H2,1H3/t12-,13-/m1/s1. The number of likely N-dealkylation sites (tertiary alicyclic amines) is 1. The van der Waals surface area contributed by atoms with Crippen molar-refractivity contribution in [2.24, 2.45) is 0 Å². The molecule has 1 saturated heterocycles. The van der Waals surface area contributed by atoms with E-state index in [1.807, 2.05) is 18.2 Å². The third-order valence-corrected chi connectivity index (χ3v) is 4.36. The summed E-state index contributed by atoms with van der Waals surface area (Å²) in [5, 5.41) is 3.72. The van der Waals surface area contributed by atoms with Crippen LogP contribution in [0.25, 0.3) is 0 Å². The number of rotatable bonds is 3. The first kappa shape index (κ1) is 16.0. The van der Waals surface area contributed by atoms with E-state index in [9.17, 15) is 13.2 Å². The molecular weight excluding hydrogens is 305 g/mol. The summed E-state index contributed by atoms with van der Waals surface area (Å²) < 4.78 is 39.6. The molecule has 0 bridgehead atoms. The Morgan fingerprint density at radius 3 is 2.74 bits per heavy atom. The maximum absolute atomic E-state index is 12.7. The summed E-state index contributed by atoms with van der Waals surface area (Å²) in [6.45, 7) is 3.67. The van der Waals surface area contributed by atoms with E-state index in [1.165, 1.54) is 10.9 Å². The topological polar surface area (TPSA) is 34.0 Å². The van der Waals surface area contributed by atoms with Crippen LogP contribution in [0.2, 0.25) is 0 Å². The molecule has 2 aromatic rings. The summed E-state index contributed by atoms with van der Waals surface area (Å²) in [4.78, 5) is 6.63. The van der Waals surface area contributed by atoms with Gasteiger partial charge < -0.3 is 0 Å². The highest BCUT2D eigenvalue weighted by molar-refractivity contribution is 5.09. The molecule has 1 aliphatic heterocycles. The minimum Gasteiger partial charge on any atom is -0.293 e. The van der Waals surface area contributed by atoms with Crippen molar-refractivity contribution in [2.45, 2.75) is 38.0 Å². The monoisotopic (exact) mass is 324 g/mol. The molecule has 7 heteroatoms. The highest BCUT2D eigenvalue weighted by Crippen LogP contribution is 2.31. The van der Waals surface area contributed by atoms with Gasteiger partial charge in [0.25, 0.3) is 0 Å². The molecular formula is C16H19F3N4. The SMILES string of the molecule is C[C@H](c1ccccn1)N1CCC[C@@H](n2ccc(C(F)(F)F)n2)C1. The van der Waals surface area contributed by atoms with Gasteiger partial charge in [-0.2, -0.15) is 18.3 Å². The molecule has 0 aliphatic carbocycles. The molecule has 3 heterocycles. The van der Waals surface area contributed by atoms with Crippen LogP contribution in [-0.4, -0.2) is 32.8 Å². The fraction of sp³-hybridized carbons (Fsp3) is 0.500. The first-order valence-corrected chi connectivity index (χ1v) is 7.72. The number of pyridine rings is 1. The summed E-state index contributed by atoms with van der Waals surface area (Å²) in [6.07, 6.45) is 0.577. The summed E-state index contributed by atoms with van der Waals surface area (Å²) in [6, 6.07) is 6.94. The van der Waals surface area contributed by atoms with Crippen LogP contribution >= 0.6 is 0 Å². The van der Waals surface area contributed by atoms with Crippen LogP contribution in [0.4, 0.5) is 13.2 Å². The Kier molecular flexibility index (Phi) is 4.39. The maximum atomic E-state index is 12.7. The highest BCUT2D eigenvalue weighted by atomic mass is 19.4. The van der Waals surface area contributed by atoms with E-state index in [-0.39, 0.29) is 12.1 Å². The van der Waals surface area contributed by atoms with Crippen molar-refractivity contribution in [3.63, 3.8) is 0 Å². The van der Waals surface area contributed by atoms with E-state index < -0.39 is 11.9 Å². The Labute approximate surface area is 132 Å². The van der Waals surface area contributed by atoms with Crippen LogP contribution in [0.3, 0.4) is 0 Å². The van der Waals surface area contributed by atoms with Crippen LogP contribution in [0, 0.1) is 0 Å². The average Bonchev–Trinajstić information content (AvgIpc) is 3.05. The van der Waals surface area contributed by atoms with Crippen molar-refractivity contribution >= 4 is 0 Å². The van der Waals surface area contributed by atoms with Gasteiger partial charge in [-0.3, -0.25) is 14.6 Å². The zero-order valence-electron chi connectivity index (χ0n) is 12.9. The second-order valence-corrected chi connectivity index (χ2v) is 5.90. The van der Waals surface area contributed by atoms with Crippen molar-refractivity contribution in [1.82, 2.24) is 19.7 Å². The molecule has 1 aliphatic rings. The second-order valence-electron chi connectivity index (χ2n) is 5.90. The van der Waals surface area contributed by atoms with Crippen LogP contribution in [-0.2, 0) is 6.18 Å². The Bertz CT molecular complexity index is 638. The lowest BCUT2D eigenvalue weighted by Gasteiger charge is -2.36. The molecule has 0 unspecified atom stereocenters. The van der Waals surface area contributed by atoms with E-state index in [1.54, 1.807) is 6.20 Å². The summed E-state index contributed by atoms with van der Waals surface area (Å²) in [5.41, 5.74) is 0.150. The van der Waals surface area contributed by atoms with Gasteiger partial charge >= 0.3 is 6.18 Å². The molecule has 124 valence electrons. The smallest absolute Gasteiger partial charge is 0.293 e. The molecule has 23 heavy (non-hydrogen) atoms. The Hall–Kier alpha value is -1.89. The zero-order chi connectivity index (χ0) is 16.4. The first-order valence-electron chi connectivity index (χ1n) is 7.72. The van der Waals surface area contributed by atoms with Gasteiger partial charge in [-0.05, 0) is 44.5 Å². The molecule has 2 atom stereocenters. The van der Waals surface area contributed by atoms with Crippen LogP contribution < -0.4 is 0 Å². The molecule has 0 aromatic carbocycles.